The Morgan fingerprint density at radius 2 is 1.61 bits per heavy atom. The number of hydrogen-bond acceptors (Lipinski definition) is 4. The first-order valence-corrected chi connectivity index (χ1v) is 8.76. The molecule has 33 heavy (non-hydrogen) atoms. The molecule has 174 valence electrons. The minimum absolute atomic E-state index is 0.0841. The lowest BCUT2D eigenvalue weighted by atomic mass is 10.1. The highest BCUT2D eigenvalue weighted by atomic mass is 19.4. The van der Waals surface area contributed by atoms with E-state index in [2.05, 4.69) is 10.1 Å². The van der Waals surface area contributed by atoms with Crippen LogP contribution in [0.3, 0.4) is 0 Å². The summed E-state index contributed by atoms with van der Waals surface area (Å²) >= 11 is 0. The highest BCUT2D eigenvalue weighted by molar-refractivity contribution is 6.06. The van der Waals surface area contributed by atoms with Gasteiger partial charge >= 0.3 is 12.5 Å². The third kappa shape index (κ3) is 6.24. The third-order valence-corrected chi connectivity index (χ3v) is 3.93. The fourth-order valence-electron chi connectivity index (χ4n) is 2.60. The van der Waals surface area contributed by atoms with Gasteiger partial charge in [0.1, 0.15) is 34.3 Å². The van der Waals surface area contributed by atoms with Crippen molar-refractivity contribution in [1.29, 1.82) is 0 Å². The molecular weight excluding hydrogens is 465 g/mol. The van der Waals surface area contributed by atoms with E-state index in [1.807, 2.05) is 0 Å². The number of rotatable bonds is 5. The number of hydrogen-bond donors (Lipinski definition) is 1. The van der Waals surface area contributed by atoms with Crippen LogP contribution in [-0.2, 0) is 6.18 Å². The van der Waals surface area contributed by atoms with E-state index in [0.717, 1.165) is 36.7 Å². The van der Waals surface area contributed by atoms with E-state index in [1.165, 1.54) is 12.1 Å². The van der Waals surface area contributed by atoms with Crippen molar-refractivity contribution in [2.75, 3.05) is 5.32 Å². The predicted molar refractivity (Wildman–Crippen MR) is 98.0 cm³/mol. The topological polar surface area (TPSA) is 74.5 Å². The number of amides is 1. The van der Waals surface area contributed by atoms with Crippen molar-refractivity contribution in [3.63, 3.8) is 0 Å². The van der Waals surface area contributed by atoms with Gasteiger partial charge in [-0.25, -0.2) is 4.39 Å². The maximum atomic E-state index is 14.6. The van der Waals surface area contributed by atoms with Gasteiger partial charge in [0.05, 0.1) is 5.56 Å². The van der Waals surface area contributed by atoms with Crippen LogP contribution in [-0.4, -0.2) is 12.3 Å². The first-order chi connectivity index (χ1) is 15.3. The first kappa shape index (κ1) is 23.6. The maximum Gasteiger partial charge on any atom is 0.573 e. The Bertz CT molecular complexity index is 1160. The van der Waals surface area contributed by atoms with E-state index in [9.17, 15) is 40.7 Å². The number of pyridine rings is 1. The summed E-state index contributed by atoms with van der Waals surface area (Å²) in [5.41, 5.74) is -2.49. The molecule has 0 atom stereocenters. The van der Waals surface area contributed by atoms with Gasteiger partial charge in [0.2, 0.25) is 6.20 Å². The monoisotopic (exact) mass is 476 g/mol. The SMILES string of the molecule is O=C(Nc1ccc[n+]([O-])c1)c1c(F)cc(C(F)(F)F)cc1Oc1ccc(OC(F)(F)F)cc1. The molecule has 6 nitrogen and oxygen atoms in total. The van der Waals surface area contributed by atoms with Crippen LogP contribution in [0, 0.1) is 11.0 Å². The Balaban J connectivity index is 1.97. The van der Waals surface area contributed by atoms with E-state index in [4.69, 9.17) is 4.74 Å². The van der Waals surface area contributed by atoms with Crippen LogP contribution in [0.4, 0.5) is 36.4 Å². The molecule has 1 amide bonds. The highest BCUT2D eigenvalue weighted by Gasteiger charge is 2.34. The van der Waals surface area contributed by atoms with Crippen molar-refractivity contribution in [1.82, 2.24) is 0 Å². The number of nitrogens with zero attached hydrogens (tertiary/aromatic N) is 1. The summed E-state index contributed by atoms with van der Waals surface area (Å²) in [5.74, 6) is -4.64. The van der Waals surface area contributed by atoms with Crippen LogP contribution in [0.25, 0.3) is 0 Å². The van der Waals surface area contributed by atoms with Gasteiger partial charge in [0.15, 0.2) is 6.20 Å². The number of ether oxygens (including phenoxy) is 2. The fraction of sp³-hybridized carbons (Fsp3) is 0.100. The smallest absolute Gasteiger partial charge is 0.573 e. The van der Waals surface area contributed by atoms with E-state index in [1.54, 1.807) is 0 Å². The molecular formula is C20H11F7N2O4. The van der Waals surface area contributed by atoms with Gasteiger partial charge in [-0.1, -0.05) is 0 Å². The highest BCUT2D eigenvalue weighted by Crippen LogP contribution is 2.37. The average Bonchev–Trinajstić information content (AvgIpc) is 2.67. The number of aromatic nitrogens is 1. The first-order valence-electron chi connectivity index (χ1n) is 8.76. The summed E-state index contributed by atoms with van der Waals surface area (Å²) in [6, 6.07) is 6.42. The number of anilines is 1. The minimum atomic E-state index is -4.99. The zero-order valence-electron chi connectivity index (χ0n) is 16.0. The molecule has 0 spiro atoms. The lowest BCUT2D eigenvalue weighted by Gasteiger charge is -2.16. The molecule has 0 saturated carbocycles. The van der Waals surface area contributed by atoms with Crippen molar-refractivity contribution >= 4 is 11.6 Å². The molecule has 0 saturated heterocycles. The molecule has 0 aliphatic carbocycles. The molecule has 13 heteroatoms. The fourth-order valence-corrected chi connectivity index (χ4v) is 2.60. The lowest BCUT2D eigenvalue weighted by Crippen LogP contribution is -2.26. The van der Waals surface area contributed by atoms with Crippen LogP contribution in [0.15, 0.2) is 60.9 Å². The van der Waals surface area contributed by atoms with Gasteiger partial charge in [-0.05, 0) is 42.5 Å². The molecule has 0 bridgehead atoms. The standard InChI is InChI=1S/C20H11F7N2O4/c21-15-8-11(19(22,23)24)9-16(17(15)18(30)28-12-2-1-7-29(31)10-12)32-13-3-5-14(6-4-13)33-20(25,26)27/h1-10H,(H,28,30). The number of alkyl halides is 6. The largest absolute Gasteiger partial charge is 0.619 e. The van der Waals surface area contributed by atoms with Crippen molar-refractivity contribution in [2.24, 2.45) is 0 Å². The molecule has 0 radical (unpaired) electrons. The van der Waals surface area contributed by atoms with Gasteiger partial charge in [-0.2, -0.15) is 17.9 Å². The quantitative estimate of drug-likeness (QED) is 0.303. The summed E-state index contributed by atoms with van der Waals surface area (Å²) < 4.78 is 100.0. The van der Waals surface area contributed by atoms with Crippen molar-refractivity contribution in [3.8, 4) is 17.2 Å². The molecule has 0 aliphatic rings. The molecule has 0 aliphatic heterocycles. The number of carbonyl (C=O) groups is 1. The number of halogens is 7. The Labute approximate surface area is 180 Å². The average molecular weight is 476 g/mol. The van der Waals surface area contributed by atoms with Gasteiger partial charge in [-0.3, -0.25) is 4.79 Å². The molecule has 1 aromatic heterocycles. The van der Waals surface area contributed by atoms with Gasteiger partial charge in [0.25, 0.3) is 5.91 Å². The Kier molecular flexibility index (Phi) is 6.33. The second kappa shape index (κ2) is 8.84. The molecule has 2 aromatic carbocycles. The molecule has 3 rings (SSSR count). The summed E-state index contributed by atoms with van der Waals surface area (Å²) in [6.07, 6.45) is -7.96. The second-order valence-corrected chi connectivity index (χ2v) is 6.36. The zero-order chi connectivity index (χ0) is 24.4. The number of benzene rings is 2. The molecule has 1 N–H and O–H groups in total. The van der Waals surface area contributed by atoms with Gasteiger partial charge in [-0.15, -0.1) is 13.2 Å². The summed E-state index contributed by atoms with van der Waals surface area (Å²) in [7, 11) is 0. The molecule has 1 heterocycles. The van der Waals surface area contributed by atoms with Crippen LogP contribution in [0.5, 0.6) is 17.2 Å². The van der Waals surface area contributed by atoms with Gasteiger partial charge < -0.3 is 20.0 Å². The Morgan fingerprint density at radius 3 is 2.18 bits per heavy atom. The molecule has 0 fully saturated rings. The Morgan fingerprint density at radius 1 is 0.970 bits per heavy atom. The minimum Gasteiger partial charge on any atom is -0.619 e. The van der Waals surface area contributed by atoms with Crippen LogP contribution < -0.4 is 19.5 Å². The predicted octanol–water partition coefficient (Wildman–Crippen LogP) is 5.42. The van der Waals surface area contributed by atoms with Crippen molar-refractivity contribution in [2.45, 2.75) is 12.5 Å². The zero-order valence-corrected chi connectivity index (χ0v) is 16.0. The van der Waals surface area contributed by atoms with E-state index in [0.29, 0.717) is 10.8 Å². The summed E-state index contributed by atoms with van der Waals surface area (Å²) in [4.78, 5) is 12.6. The molecule has 0 unspecified atom stereocenters. The van der Waals surface area contributed by atoms with Gasteiger partial charge in [0, 0.05) is 6.07 Å². The summed E-state index contributed by atoms with van der Waals surface area (Å²) in [5, 5.41) is 13.5. The Hall–Kier alpha value is -4.03. The number of nitrogens with one attached hydrogen (secondary N) is 1. The number of carbonyl (C=O) groups excluding carboxylic acids is 1. The van der Waals surface area contributed by atoms with E-state index < -0.39 is 46.9 Å². The molecule has 3 aromatic rings. The van der Waals surface area contributed by atoms with Crippen LogP contribution in [0.2, 0.25) is 0 Å². The van der Waals surface area contributed by atoms with Crippen LogP contribution in [0.1, 0.15) is 15.9 Å². The second-order valence-electron chi connectivity index (χ2n) is 6.36. The normalized spacial score (nSPS) is 11.7. The third-order valence-electron chi connectivity index (χ3n) is 3.93. The van der Waals surface area contributed by atoms with E-state index >= 15 is 0 Å². The van der Waals surface area contributed by atoms with Crippen LogP contribution >= 0.6 is 0 Å². The van der Waals surface area contributed by atoms with E-state index in [-0.39, 0.29) is 17.5 Å². The van der Waals surface area contributed by atoms with Crippen molar-refractivity contribution in [3.05, 3.63) is 83.1 Å². The maximum absolute atomic E-state index is 14.6. The summed E-state index contributed by atoms with van der Waals surface area (Å²) in [6.45, 7) is 0. The lowest BCUT2D eigenvalue weighted by molar-refractivity contribution is -0.604. The van der Waals surface area contributed by atoms with Crippen molar-refractivity contribution < 1.29 is 49.7 Å².